The Labute approximate surface area is 288 Å². The van der Waals surface area contributed by atoms with Crippen molar-refractivity contribution in [3.63, 3.8) is 0 Å². The lowest BCUT2D eigenvalue weighted by molar-refractivity contribution is -0.288. The molecule has 2 aromatic carbocycles. The lowest BCUT2D eigenvalue weighted by atomic mass is 9.71. The summed E-state index contributed by atoms with van der Waals surface area (Å²) in [5.41, 5.74) is -11.9. The predicted octanol–water partition coefficient (Wildman–Crippen LogP) is 5.97. The number of alkyl halides is 6. The zero-order valence-corrected chi connectivity index (χ0v) is 29.1. The molecule has 2 aliphatic heterocycles. The number of fused-ring (bicyclic) bond motifs is 2. The van der Waals surface area contributed by atoms with Crippen LogP contribution in [0.2, 0.25) is 0 Å². The largest absolute Gasteiger partial charge is 0.411 e. The van der Waals surface area contributed by atoms with Gasteiger partial charge in [-0.05, 0) is 62.1 Å². The number of nitrogens with zero attached hydrogens (tertiary/aromatic N) is 2. The van der Waals surface area contributed by atoms with Gasteiger partial charge in [0, 0.05) is 0 Å². The fraction of sp³-hybridized carbons (Fsp3) is 0.484. The first kappa shape index (κ1) is 39.9. The molecule has 2 atom stereocenters. The molecule has 51 heavy (non-hydrogen) atoms. The van der Waals surface area contributed by atoms with E-state index in [0.29, 0.717) is 37.8 Å². The van der Waals surface area contributed by atoms with Crippen molar-refractivity contribution in [2.75, 3.05) is 0 Å². The molecule has 2 aromatic rings. The summed E-state index contributed by atoms with van der Waals surface area (Å²) in [4.78, 5) is 52.1. The van der Waals surface area contributed by atoms with Crippen molar-refractivity contribution in [2.45, 2.75) is 94.5 Å². The molecule has 4 rings (SSSR count). The second-order valence-electron chi connectivity index (χ2n) is 12.1. The van der Waals surface area contributed by atoms with E-state index in [1.54, 1.807) is 13.8 Å². The van der Waals surface area contributed by atoms with E-state index >= 15 is 26.3 Å². The minimum absolute atomic E-state index is 0.0541. The molecule has 0 radical (unpaired) electrons. The third kappa shape index (κ3) is 6.89. The number of carbonyl (C=O) groups excluding carboxylic acids is 4. The normalized spacial score (nSPS) is 16.9. The summed E-state index contributed by atoms with van der Waals surface area (Å²) < 4.78 is 150. The van der Waals surface area contributed by atoms with E-state index in [1.165, 1.54) is 13.8 Å². The predicted molar refractivity (Wildman–Crippen MR) is 165 cm³/mol. The van der Waals surface area contributed by atoms with Crippen LogP contribution < -0.4 is 0 Å². The van der Waals surface area contributed by atoms with Crippen LogP contribution in [0, 0.1) is 0 Å². The molecule has 2 unspecified atom stereocenters. The highest BCUT2D eigenvalue weighted by Crippen LogP contribution is 2.57. The van der Waals surface area contributed by atoms with Crippen molar-refractivity contribution in [1.29, 1.82) is 0 Å². The summed E-state index contributed by atoms with van der Waals surface area (Å²) >= 11 is 0. The van der Waals surface area contributed by atoms with Crippen LogP contribution in [0.1, 0.15) is 119 Å². The number of hydrogen-bond acceptors (Lipinski definition) is 10. The zero-order chi connectivity index (χ0) is 38.5. The van der Waals surface area contributed by atoms with Gasteiger partial charge in [0.15, 0.2) is 0 Å². The Kier molecular flexibility index (Phi) is 10.9. The SMILES string of the molecule is CCCCC(C)S(=O)(=O)ON1C(=O)c2ccc(C(c3ccc4c(c3)C(=O)N(OS(=O)(=O)C(C)CCCC)C4=O)(C(F)(F)F)C(F)(F)F)cc2C1=O. The van der Waals surface area contributed by atoms with Gasteiger partial charge in [0.05, 0.1) is 32.8 Å². The van der Waals surface area contributed by atoms with Crippen LogP contribution in [0.4, 0.5) is 26.3 Å². The van der Waals surface area contributed by atoms with Crippen molar-refractivity contribution < 1.29 is 70.9 Å². The Bertz CT molecular complexity index is 1840. The highest BCUT2D eigenvalue weighted by atomic mass is 32.2. The lowest BCUT2D eigenvalue weighted by Crippen LogP contribution is -2.55. The lowest BCUT2D eigenvalue weighted by Gasteiger charge is -2.38. The molecule has 20 heteroatoms. The van der Waals surface area contributed by atoms with Gasteiger partial charge in [-0.15, -0.1) is 18.7 Å². The molecule has 0 saturated heterocycles. The van der Waals surface area contributed by atoms with E-state index in [0.717, 1.165) is 0 Å². The third-order valence-electron chi connectivity index (χ3n) is 8.69. The second kappa shape index (κ2) is 13.9. The summed E-state index contributed by atoms with van der Waals surface area (Å²) in [5, 5.41) is -3.00. The molecule has 4 amide bonds. The first-order valence-electron chi connectivity index (χ1n) is 15.5. The van der Waals surface area contributed by atoms with Crippen LogP contribution in [-0.4, -0.2) is 73.4 Å². The molecule has 280 valence electrons. The van der Waals surface area contributed by atoms with Gasteiger partial charge in [-0.25, -0.2) is 0 Å². The van der Waals surface area contributed by atoms with Gasteiger partial charge in [0.1, 0.15) is 0 Å². The van der Waals surface area contributed by atoms with Crippen LogP contribution in [0.3, 0.4) is 0 Å². The van der Waals surface area contributed by atoms with E-state index in [-0.39, 0.29) is 47.2 Å². The van der Waals surface area contributed by atoms with Gasteiger partial charge in [0.2, 0.25) is 5.41 Å². The highest BCUT2D eigenvalue weighted by Gasteiger charge is 2.73. The van der Waals surface area contributed by atoms with Gasteiger partial charge < -0.3 is 0 Å². The molecule has 0 spiro atoms. The number of imide groups is 2. The van der Waals surface area contributed by atoms with Crippen molar-refractivity contribution in [2.24, 2.45) is 0 Å². The van der Waals surface area contributed by atoms with Gasteiger partial charge in [0.25, 0.3) is 43.9 Å². The number of unbranched alkanes of at least 4 members (excludes halogenated alkanes) is 2. The van der Waals surface area contributed by atoms with Gasteiger partial charge >= 0.3 is 12.4 Å². The number of hydroxylamine groups is 4. The number of benzene rings is 2. The molecular formula is C31H32F6N2O10S2. The van der Waals surface area contributed by atoms with Crippen molar-refractivity contribution >= 4 is 43.9 Å². The number of amides is 4. The summed E-state index contributed by atoms with van der Waals surface area (Å²) in [5.74, 6) is -6.23. The fourth-order valence-corrected chi connectivity index (χ4v) is 7.54. The first-order chi connectivity index (χ1) is 23.5. The van der Waals surface area contributed by atoms with E-state index in [1.807, 2.05) is 0 Å². The van der Waals surface area contributed by atoms with Crippen molar-refractivity contribution in [3.05, 3.63) is 69.8 Å². The molecule has 12 nitrogen and oxygen atoms in total. The molecule has 0 saturated carbocycles. The van der Waals surface area contributed by atoms with Crippen LogP contribution in [0.5, 0.6) is 0 Å². The molecule has 0 fully saturated rings. The standard InChI is InChI=1S/C31H32F6N2O10S2/c1-5-7-9-17(3)50(44,45)48-38-25(40)21-13-11-19(15-23(21)27(38)42)29(30(32,33)34,31(35,36)37)20-12-14-22-24(16-20)28(43)39(26(22)41)49-51(46,47)18(4)10-8-6-2/h11-18H,5-10H2,1-4H3. The van der Waals surface area contributed by atoms with E-state index in [9.17, 15) is 36.0 Å². The third-order valence-corrected chi connectivity index (χ3v) is 11.8. The molecule has 0 bridgehead atoms. The second-order valence-corrected chi connectivity index (χ2v) is 16.0. The molecule has 2 aliphatic rings. The molecule has 0 N–H and O–H groups in total. The minimum Gasteiger partial charge on any atom is -0.266 e. The quantitative estimate of drug-likeness (QED) is 0.165. The van der Waals surface area contributed by atoms with E-state index in [4.69, 9.17) is 8.57 Å². The maximum Gasteiger partial charge on any atom is 0.411 e. The van der Waals surface area contributed by atoms with Crippen LogP contribution in [0.15, 0.2) is 36.4 Å². The maximum atomic E-state index is 15.0. The molecule has 0 aromatic heterocycles. The average molecular weight is 771 g/mol. The molecule has 0 aliphatic carbocycles. The minimum atomic E-state index is -6.28. The number of rotatable bonds is 14. The van der Waals surface area contributed by atoms with E-state index in [2.05, 4.69) is 0 Å². The summed E-state index contributed by atoms with van der Waals surface area (Å²) in [6, 6.07) is 1.69. The van der Waals surface area contributed by atoms with Gasteiger partial charge in [-0.3, -0.25) is 19.2 Å². The van der Waals surface area contributed by atoms with Crippen LogP contribution in [0.25, 0.3) is 0 Å². The summed E-state index contributed by atoms with van der Waals surface area (Å²) in [6.45, 7) is 5.96. The Morgan fingerprint density at radius 1 is 0.588 bits per heavy atom. The number of carbonyl (C=O) groups is 4. The monoisotopic (exact) mass is 770 g/mol. The Morgan fingerprint density at radius 2 is 0.902 bits per heavy atom. The van der Waals surface area contributed by atoms with Crippen LogP contribution >= 0.6 is 0 Å². The summed E-state index contributed by atoms with van der Waals surface area (Å²) in [6.07, 6.45) is -10.5. The molecular weight excluding hydrogens is 738 g/mol. The summed E-state index contributed by atoms with van der Waals surface area (Å²) in [7, 11) is -9.31. The van der Waals surface area contributed by atoms with Gasteiger partial charge in [-0.2, -0.15) is 43.2 Å². The fourth-order valence-electron chi connectivity index (χ4n) is 5.65. The van der Waals surface area contributed by atoms with E-state index < -0.39 is 106 Å². The topological polar surface area (TPSA) is 161 Å². The Morgan fingerprint density at radius 3 is 1.20 bits per heavy atom. The Hall–Kier alpha value is -3.88. The van der Waals surface area contributed by atoms with Crippen LogP contribution in [-0.2, 0) is 34.2 Å². The van der Waals surface area contributed by atoms with Gasteiger partial charge in [-0.1, -0.05) is 51.7 Å². The van der Waals surface area contributed by atoms with Crippen molar-refractivity contribution in [1.82, 2.24) is 10.1 Å². The highest BCUT2D eigenvalue weighted by molar-refractivity contribution is 7.87. The average Bonchev–Trinajstić information content (AvgIpc) is 3.40. The smallest absolute Gasteiger partial charge is 0.266 e. The Balaban J connectivity index is 1.81. The van der Waals surface area contributed by atoms with Crippen molar-refractivity contribution in [3.8, 4) is 0 Å². The first-order valence-corrected chi connectivity index (χ1v) is 18.5. The zero-order valence-electron chi connectivity index (χ0n) is 27.4. The number of halogens is 6. The maximum absolute atomic E-state index is 15.0. The number of hydrogen-bond donors (Lipinski definition) is 0. The molecule has 2 heterocycles.